The Morgan fingerprint density at radius 2 is 1.80 bits per heavy atom. The fourth-order valence-corrected chi connectivity index (χ4v) is 2.72. The zero-order chi connectivity index (χ0) is 17.5. The minimum atomic E-state index is -0.102. The van der Waals surface area contributed by atoms with Crippen molar-refractivity contribution in [2.45, 2.75) is 25.7 Å². The molecule has 3 rings (SSSR count). The van der Waals surface area contributed by atoms with Crippen molar-refractivity contribution >= 4 is 11.9 Å². The van der Waals surface area contributed by atoms with E-state index in [9.17, 15) is 4.79 Å². The lowest BCUT2D eigenvalue weighted by molar-refractivity contribution is 0.101. The summed E-state index contributed by atoms with van der Waals surface area (Å²) in [6, 6.07) is 15.0. The average molecular weight is 338 g/mol. The normalized spacial score (nSPS) is 14.4. The van der Waals surface area contributed by atoms with Crippen molar-refractivity contribution in [2.24, 2.45) is 0 Å². The van der Waals surface area contributed by atoms with Crippen molar-refractivity contribution in [3.05, 3.63) is 65.4 Å². The van der Waals surface area contributed by atoms with Gasteiger partial charge in [0.25, 0.3) is 0 Å². The minimum Gasteiger partial charge on any atom is -0.493 e. The van der Waals surface area contributed by atoms with Gasteiger partial charge in [-0.15, -0.1) is 0 Å². The van der Waals surface area contributed by atoms with Gasteiger partial charge in [0.2, 0.25) is 5.78 Å². The Bertz CT molecular complexity index is 750. The highest BCUT2D eigenvalue weighted by molar-refractivity contribution is 6.14. The van der Waals surface area contributed by atoms with E-state index in [0.29, 0.717) is 29.4 Å². The maximum absolute atomic E-state index is 12.4. The zero-order valence-corrected chi connectivity index (χ0v) is 14.1. The monoisotopic (exact) mass is 338 g/mol. The summed E-state index contributed by atoms with van der Waals surface area (Å²) in [5.74, 6) is 1.48. The lowest BCUT2D eigenvalue weighted by Crippen LogP contribution is -1.98. The molecule has 0 radical (unpaired) electrons. The molecule has 1 aliphatic heterocycles. The first-order valence-corrected chi connectivity index (χ1v) is 8.65. The van der Waals surface area contributed by atoms with Crippen LogP contribution in [0.4, 0.5) is 0 Å². The quantitative estimate of drug-likeness (QED) is 0.578. The maximum atomic E-state index is 12.4. The molecule has 0 saturated carbocycles. The third kappa shape index (κ3) is 4.48. The smallest absolute Gasteiger partial charge is 0.231 e. The van der Waals surface area contributed by atoms with Gasteiger partial charge in [0.1, 0.15) is 11.5 Å². The highest BCUT2D eigenvalue weighted by Crippen LogP contribution is 2.34. The molecule has 1 N–H and O–H groups in total. The molecule has 25 heavy (non-hydrogen) atoms. The van der Waals surface area contributed by atoms with Gasteiger partial charge in [-0.2, -0.15) is 0 Å². The number of carbonyl (C=O) groups is 1. The van der Waals surface area contributed by atoms with Crippen LogP contribution in [0.25, 0.3) is 6.08 Å². The molecule has 0 saturated heterocycles. The molecule has 0 unspecified atom stereocenters. The number of aliphatic hydroxyl groups is 1. The van der Waals surface area contributed by atoms with Crippen LogP contribution >= 0.6 is 0 Å². The van der Waals surface area contributed by atoms with Crippen LogP contribution in [0.5, 0.6) is 11.5 Å². The Kier molecular flexibility index (Phi) is 5.86. The maximum Gasteiger partial charge on any atom is 0.231 e. The van der Waals surface area contributed by atoms with Gasteiger partial charge in [0, 0.05) is 12.7 Å². The lowest BCUT2D eigenvalue weighted by Gasteiger charge is -2.07. The number of rotatable bonds is 8. The number of aliphatic hydroxyl groups excluding tert-OH is 1. The summed E-state index contributed by atoms with van der Waals surface area (Å²) in [4.78, 5) is 12.4. The first kappa shape index (κ1) is 17.2. The number of Topliss-reactive ketones (excluding diaryl/α,β-unsaturated/α-hetero) is 1. The molecule has 0 spiro atoms. The Hall–Kier alpha value is -2.59. The Balaban J connectivity index is 1.61. The highest BCUT2D eigenvalue weighted by atomic mass is 16.5. The molecule has 4 nitrogen and oxygen atoms in total. The lowest BCUT2D eigenvalue weighted by atomic mass is 10.1. The van der Waals surface area contributed by atoms with Crippen LogP contribution in [-0.4, -0.2) is 24.1 Å². The van der Waals surface area contributed by atoms with Crippen LogP contribution in [0.1, 0.15) is 41.6 Å². The van der Waals surface area contributed by atoms with Crippen LogP contribution in [-0.2, 0) is 0 Å². The molecule has 1 aliphatic rings. The third-order valence-corrected chi connectivity index (χ3v) is 4.06. The number of ether oxygens (including phenoxy) is 2. The first-order chi connectivity index (χ1) is 12.3. The number of benzene rings is 2. The standard InChI is InChI=1S/C21H22O4/c22-12-6-1-2-7-13-24-17-10-11-18-19(15-17)25-20(21(18)23)14-16-8-4-3-5-9-16/h3-5,8-11,14-15,22H,1-2,6-7,12-13H2/b20-14-. The number of hydrogen-bond donors (Lipinski definition) is 1. The summed E-state index contributed by atoms with van der Waals surface area (Å²) in [6.07, 6.45) is 5.57. The fourth-order valence-electron chi connectivity index (χ4n) is 2.72. The molecule has 0 amide bonds. The molecule has 2 aromatic carbocycles. The molecule has 0 bridgehead atoms. The molecule has 2 aromatic rings. The number of allylic oxidation sites excluding steroid dienone is 1. The first-order valence-electron chi connectivity index (χ1n) is 8.65. The van der Waals surface area contributed by atoms with E-state index in [2.05, 4.69) is 0 Å². The van der Waals surface area contributed by atoms with E-state index >= 15 is 0 Å². The number of carbonyl (C=O) groups excluding carboxylic acids is 1. The van der Waals surface area contributed by atoms with E-state index in [-0.39, 0.29) is 12.4 Å². The Morgan fingerprint density at radius 1 is 1.00 bits per heavy atom. The van der Waals surface area contributed by atoms with Crippen molar-refractivity contribution in [3.63, 3.8) is 0 Å². The van der Waals surface area contributed by atoms with Gasteiger partial charge in [-0.25, -0.2) is 0 Å². The number of unbranched alkanes of at least 4 members (excludes halogenated alkanes) is 3. The second-order valence-electron chi connectivity index (χ2n) is 5.99. The van der Waals surface area contributed by atoms with Crippen molar-refractivity contribution in [1.29, 1.82) is 0 Å². The number of fused-ring (bicyclic) bond motifs is 1. The van der Waals surface area contributed by atoms with E-state index in [1.54, 1.807) is 24.3 Å². The van der Waals surface area contributed by atoms with Gasteiger partial charge in [-0.1, -0.05) is 36.8 Å². The largest absolute Gasteiger partial charge is 0.493 e. The molecule has 1 heterocycles. The van der Waals surface area contributed by atoms with Crippen molar-refractivity contribution in [1.82, 2.24) is 0 Å². The van der Waals surface area contributed by atoms with Gasteiger partial charge >= 0.3 is 0 Å². The molecular formula is C21H22O4. The van der Waals surface area contributed by atoms with E-state index in [4.69, 9.17) is 14.6 Å². The number of ketones is 1. The summed E-state index contributed by atoms with van der Waals surface area (Å²) in [6.45, 7) is 0.862. The highest BCUT2D eigenvalue weighted by Gasteiger charge is 2.27. The summed E-state index contributed by atoms with van der Waals surface area (Å²) in [7, 11) is 0. The minimum absolute atomic E-state index is 0.102. The van der Waals surface area contributed by atoms with E-state index in [1.807, 2.05) is 30.3 Å². The molecular weight excluding hydrogens is 316 g/mol. The molecule has 130 valence electrons. The van der Waals surface area contributed by atoms with E-state index < -0.39 is 0 Å². The molecule has 0 aromatic heterocycles. The SMILES string of the molecule is O=C1/C(=C/c2ccccc2)Oc2cc(OCCCCCCO)ccc21. The fraction of sp³-hybridized carbons (Fsp3) is 0.286. The van der Waals surface area contributed by atoms with Crippen molar-refractivity contribution < 1.29 is 19.4 Å². The summed E-state index contributed by atoms with van der Waals surface area (Å²) in [5.41, 5.74) is 1.50. The van der Waals surface area contributed by atoms with Gasteiger partial charge in [0.15, 0.2) is 5.76 Å². The zero-order valence-electron chi connectivity index (χ0n) is 14.1. The second kappa shape index (κ2) is 8.49. The predicted molar refractivity (Wildman–Crippen MR) is 96.9 cm³/mol. The third-order valence-electron chi connectivity index (χ3n) is 4.06. The Labute approximate surface area is 147 Å². The van der Waals surface area contributed by atoms with Gasteiger partial charge < -0.3 is 14.6 Å². The van der Waals surface area contributed by atoms with Gasteiger partial charge in [0.05, 0.1) is 12.2 Å². The summed E-state index contributed by atoms with van der Waals surface area (Å²) in [5, 5.41) is 8.75. The average Bonchev–Trinajstić information content (AvgIpc) is 2.94. The van der Waals surface area contributed by atoms with Gasteiger partial charge in [-0.3, -0.25) is 4.79 Å². The molecule has 0 fully saturated rings. The van der Waals surface area contributed by atoms with Gasteiger partial charge in [-0.05, 0) is 43.0 Å². The van der Waals surface area contributed by atoms with Crippen LogP contribution in [0.15, 0.2) is 54.3 Å². The Morgan fingerprint density at radius 3 is 2.60 bits per heavy atom. The predicted octanol–water partition coefficient (Wildman–Crippen LogP) is 4.23. The van der Waals surface area contributed by atoms with E-state index in [0.717, 1.165) is 31.2 Å². The second-order valence-corrected chi connectivity index (χ2v) is 5.99. The van der Waals surface area contributed by atoms with Crippen molar-refractivity contribution in [3.8, 4) is 11.5 Å². The van der Waals surface area contributed by atoms with Crippen LogP contribution in [0.3, 0.4) is 0 Å². The summed E-state index contributed by atoms with van der Waals surface area (Å²) >= 11 is 0. The van der Waals surface area contributed by atoms with Crippen molar-refractivity contribution in [2.75, 3.05) is 13.2 Å². The molecule has 0 aliphatic carbocycles. The summed E-state index contributed by atoms with van der Waals surface area (Å²) < 4.78 is 11.5. The number of hydrogen-bond acceptors (Lipinski definition) is 4. The van der Waals surface area contributed by atoms with Crippen LogP contribution < -0.4 is 9.47 Å². The topological polar surface area (TPSA) is 55.8 Å². The molecule has 0 atom stereocenters. The van der Waals surface area contributed by atoms with Crippen LogP contribution in [0.2, 0.25) is 0 Å². The van der Waals surface area contributed by atoms with E-state index in [1.165, 1.54) is 0 Å². The van der Waals surface area contributed by atoms with Crippen LogP contribution in [0, 0.1) is 0 Å². The molecule has 4 heteroatoms.